The zero-order valence-corrected chi connectivity index (χ0v) is 13.0. The topological polar surface area (TPSA) is 49.4 Å². The Morgan fingerprint density at radius 3 is 2.68 bits per heavy atom. The van der Waals surface area contributed by atoms with Crippen molar-refractivity contribution in [3.63, 3.8) is 0 Å². The van der Waals surface area contributed by atoms with Gasteiger partial charge in [0, 0.05) is 29.8 Å². The number of amides is 2. The first-order valence-corrected chi connectivity index (χ1v) is 8.38. The fourth-order valence-electron chi connectivity index (χ4n) is 3.33. The van der Waals surface area contributed by atoms with E-state index in [2.05, 4.69) is 5.32 Å². The summed E-state index contributed by atoms with van der Waals surface area (Å²) in [6, 6.07) is 5.95. The van der Waals surface area contributed by atoms with Crippen LogP contribution in [0.4, 0.5) is 11.4 Å². The lowest BCUT2D eigenvalue weighted by Gasteiger charge is -2.17. The van der Waals surface area contributed by atoms with Crippen molar-refractivity contribution in [2.24, 2.45) is 17.8 Å². The maximum Gasteiger partial charge on any atom is 0.230 e. The van der Waals surface area contributed by atoms with Gasteiger partial charge in [0.25, 0.3) is 0 Å². The largest absolute Gasteiger partial charge is 0.326 e. The monoisotopic (exact) mass is 298 g/mol. The molecule has 0 spiro atoms. The van der Waals surface area contributed by atoms with Crippen LogP contribution in [0.3, 0.4) is 0 Å². The van der Waals surface area contributed by atoms with E-state index in [9.17, 15) is 9.59 Å². The summed E-state index contributed by atoms with van der Waals surface area (Å²) >= 11 is 0. The average molecular weight is 298 g/mol. The van der Waals surface area contributed by atoms with Gasteiger partial charge in [-0.1, -0.05) is 6.92 Å². The first kappa shape index (κ1) is 13.8. The highest BCUT2D eigenvalue weighted by Gasteiger charge is 2.36. The standard InChI is InChI=1S/C18H22N2O2/c1-11(12-2-3-12)17(21)19-15-6-7-16-14(10-15)8-9-20(16)18(22)13-4-5-13/h6-7,10-13H,2-5,8-9H2,1H3,(H,19,21). The fraction of sp³-hybridized carbons (Fsp3) is 0.556. The molecule has 2 aliphatic carbocycles. The normalized spacial score (nSPS) is 21.4. The number of anilines is 2. The summed E-state index contributed by atoms with van der Waals surface area (Å²) in [5.41, 5.74) is 3.06. The average Bonchev–Trinajstić information content (AvgIpc) is 3.41. The van der Waals surface area contributed by atoms with Crippen LogP contribution in [0.1, 0.15) is 38.2 Å². The third-order valence-corrected chi connectivity index (χ3v) is 5.18. The van der Waals surface area contributed by atoms with E-state index >= 15 is 0 Å². The Hall–Kier alpha value is -1.84. The first-order chi connectivity index (χ1) is 10.6. The number of fused-ring (bicyclic) bond motifs is 1. The lowest BCUT2D eigenvalue weighted by molar-refractivity contribution is -0.120. The summed E-state index contributed by atoms with van der Waals surface area (Å²) in [6.45, 7) is 2.79. The lowest BCUT2D eigenvalue weighted by Crippen LogP contribution is -2.30. The van der Waals surface area contributed by atoms with E-state index in [1.54, 1.807) is 0 Å². The maximum atomic E-state index is 12.3. The van der Waals surface area contributed by atoms with Gasteiger partial charge < -0.3 is 10.2 Å². The van der Waals surface area contributed by atoms with Gasteiger partial charge in [0.1, 0.15) is 0 Å². The second kappa shape index (κ2) is 5.11. The Bertz CT molecular complexity index is 632. The molecule has 22 heavy (non-hydrogen) atoms. The summed E-state index contributed by atoms with van der Waals surface area (Å²) in [7, 11) is 0. The minimum absolute atomic E-state index is 0.0983. The molecular weight excluding hydrogens is 276 g/mol. The van der Waals surface area contributed by atoms with Crippen molar-refractivity contribution in [2.45, 2.75) is 39.0 Å². The Labute approximate surface area is 130 Å². The Kier molecular flexibility index (Phi) is 3.21. The molecule has 3 aliphatic rings. The van der Waals surface area contributed by atoms with Gasteiger partial charge in [0.05, 0.1) is 0 Å². The van der Waals surface area contributed by atoms with E-state index in [4.69, 9.17) is 0 Å². The molecule has 1 heterocycles. The molecule has 1 unspecified atom stereocenters. The number of hydrogen-bond acceptors (Lipinski definition) is 2. The smallest absolute Gasteiger partial charge is 0.230 e. The maximum absolute atomic E-state index is 12.3. The molecule has 1 aromatic rings. The van der Waals surface area contributed by atoms with Gasteiger partial charge in [-0.2, -0.15) is 0 Å². The molecule has 0 radical (unpaired) electrons. The predicted octanol–water partition coefficient (Wildman–Crippen LogP) is 2.97. The quantitative estimate of drug-likeness (QED) is 0.929. The van der Waals surface area contributed by atoms with Crippen LogP contribution in [-0.4, -0.2) is 18.4 Å². The molecule has 0 aromatic heterocycles. The third kappa shape index (κ3) is 2.51. The molecule has 2 amide bonds. The van der Waals surface area contributed by atoms with Gasteiger partial charge in [0.2, 0.25) is 11.8 Å². The number of rotatable bonds is 4. The summed E-state index contributed by atoms with van der Waals surface area (Å²) in [6.07, 6.45) is 5.32. The number of nitrogens with zero attached hydrogens (tertiary/aromatic N) is 1. The molecule has 0 bridgehead atoms. The zero-order valence-electron chi connectivity index (χ0n) is 13.0. The number of carbonyl (C=O) groups excluding carboxylic acids is 2. The first-order valence-electron chi connectivity index (χ1n) is 8.38. The Balaban J connectivity index is 1.47. The van der Waals surface area contributed by atoms with Crippen LogP contribution in [0.5, 0.6) is 0 Å². The van der Waals surface area contributed by atoms with Crippen LogP contribution >= 0.6 is 0 Å². The molecular formula is C18H22N2O2. The molecule has 116 valence electrons. The minimum atomic E-state index is 0.0983. The van der Waals surface area contributed by atoms with Crippen molar-refractivity contribution < 1.29 is 9.59 Å². The van der Waals surface area contributed by atoms with Crippen molar-refractivity contribution in [1.82, 2.24) is 0 Å². The summed E-state index contributed by atoms with van der Waals surface area (Å²) in [4.78, 5) is 26.4. The van der Waals surface area contributed by atoms with Crippen molar-refractivity contribution in [3.8, 4) is 0 Å². The zero-order chi connectivity index (χ0) is 15.3. The van der Waals surface area contributed by atoms with Crippen LogP contribution in [0.25, 0.3) is 0 Å². The van der Waals surface area contributed by atoms with Crippen molar-refractivity contribution in [1.29, 1.82) is 0 Å². The van der Waals surface area contributed by atoms with Crippen LogP contribution in [-0.2, 0) is 16.0 Å². The van der Waals surface area contributed by atoms with Crippen molar-refractivity contribution in [3.05, 3.63) is 23.8 Å². The number of nitrogens with one attached hydrogen (secondary N) is 1. The van der Waals surface area contributed by atoms with Gasteiger partial charge in [-0.25, -0.2) is 0 Å². The van der Waals surface area contributed by atoms with Crippen LogP contribution < -0.4 is 10.2 Å². The van der Waals surface area contributed by atoms with E-state index in [0.717, 1.165) is 37.2 Å². The highest BCUT2D eigenvalue weighted by atomic mass is 16.2. The molecule has 4 nitrogen and oxygen atoms in total. The Morgan fingerprint density at radius 2 is 2.00 bits per heavy atom. The van der Waals surface area contributed by atoms with Crippen LogP contribution in [0, 0.1) is 17.8 Å². The van der Waals surface area contributed by atoms with Gasteiger partial charge >= 0.3 is 0 Å². The molecule has 4 heteroatoms. The highest BCUT2D eigenvalue weighted by Crippen LogP contribution is 2.38. The van der Waals surface area contributed by atoms with Gasteiger partial charge in [-0.05, 0) is 61.8 Å². The van der Waals surface area contributed by atoms with E-state index < -0.39 is 0 Å². The lowest BCUT2D eigenvalue weighted by atomic mass is 10.1. The highest BCUT2D eigenvalue weighted by molar-refractivity contribution is 5.99. The second-order valence-corrected chi connectivity index (χ2v) is 6.97. The van der Waals surface area contributed by atoms with E-state index in [1.165, 1.54) is 18.4 Å². The molecule has 1 aromatic carbocycles. The number of carbonyl (C=O) groups is 2. The molecule has 1 aliphatic heterocycles. The third-order valence-electron chi connectivity index (χ3n) is 5.18. The molecule has 4 rings (SSSR count). The van der Waals surface area contributed by atoms with Gasteiger partial charge in [-0.3, -0.25) is 9.59 Å². The second-order valence-electron chi connectivity index (χ2n) is 6.97. The van der Waals surface area contributed by atoms with E-state index in [-0.39, 0.29) is 23.7 Å². The summed E-state index contributed by atoms with van der Waals surface area (Å²) in [5.74, 6) is 1.32. The van der Waals surface area contributed by atoms with Crippen LogP contribution in [0.15, 0.2) is 18.2 Å². The molecule has 1 atom stereocenters. The number of hydrogen-bond donors (Lipinski definition) is 1. The molecule has 2 saturated carbocycles. The molecule has 0 saturated heterocycles. The minimum Gasteiger partial charge on any atom is -0.326 e. The molecule has 2 fully saturated rings. The molecule has 1 N–H and O–H groups in total. The predicted molar refractivity (Wildman–Crippen MR) is 85.7 cm³/mol. The summed E-state index contributed by atoms with van der Waals surface area (Å²) < 4.78 is 0. The summed E-state index contributed by atoms with van der Waals surface area (Å²) in [5, 5.41) is 3.03. The Morgan fingerprint density at radius 1 is 1.23 bits per heavy atom. The van der Waals surface area contributed by atoms with E-state index in [1.807, 2.05) is 30.0 Å². The van der Waals surface area contributed by atoms with Crippen molar-refractivity contribution in [2.75, 3.05) is 16.8 Å². The fourth-order valence-corrected chi connectivity index (χ4v) is 3.33. The van der Waals surface area contributed by atoms with Crippen LogP contribution in [0.2, 0.25) is 0 Å². The SMILES string of the molecule is CC(C(=O)Nc1ccc2c(c1)CCN2C(=O)C1CC1)C1CC1. The number of benzene rings is 1. The van der Waals surface area contributed by atoms with E-state index in [0.29, 0.717) is 5.92 Å². The van der Waals surface area contributed by atoms with Crippen molar-refractivity contribution >= 4 is 23.2 Å². The van der Waals surface area contributed by atoms with Gasteiger partial charge in [0.15, 0.2) is 0 Å². The van der Waals surface area contributed by atoms with Gasteiger partial charge in [-0.15, -0.1) is 0 Å².